The molecular weight excluding hydrogens is 170 g/mol. The third-order valence-corrected chi connectivity index (χ3v) is 3.25. The summed E-state index contributed by atoms with van der Waals surface area (Å²) >= 11 is 0. The molecule has 0 saturated carbocycles. The van der Waals surface area contributed by atoms with E-state index in [-0.39, 0.29) is 0 Å². The first-order valence-corrected chi connectivity index (χ1v) is 5.55. The van der Waals surface area contributed by atoms with Crippen molar-refractivity contribution in [3.63, 3.8) is 0 Å². The maximum absolute atomic E-state index is 4.15. The minimum absolute atomic E-state index is 0.335. The highest BCUT2D eigenvalue weighted by atomic mass is 14.6. The van der Waals surface area contributed by atoms with Crippen LogP contribution in [0.4, 0.5) is 0 Å². The van der Waals surface area contributed by atoms with Crippen molar-refractivity contribution >= 4 is 0 Å². The van der Waals surface area contributed by atoms with Gasteiger partial charge in [0.25, 0.3) is 0 Å². The molecule has 0 aliphatic carbocycles. The summed E-state index contributed by atoms with van der Waals surface area (Å²) in [5.74, 6) is 0. The molecule has 0 radical (unpaired) electrons. The van der Waals surface area contributed by atoms with Crippen LogP contribution >= 0.6 is 0 Å². The highest BCUT2D eigenvalue weighted by Crippen LogP contribution is 2.33. The molecule has 0 aliphatic heterocycles. The average Bonchev–Trinajstić information content (AvgIpc) is 2.18. The van der Waals surface area contributed by atoms with E-state index < -0.39 is 0 Å². The minimum atomic E-state index is 0.335. The van der Waals surface area contributed by atoms with Crippen molar-refractivity contribution in [3.05, 3.63) is 29.6 Å². The Morgan fingerprint density at radius 1 is 1.36 bits per heavy atom. The Kier molecular flexibility index (Phi) is 3.68. The summed E-state index contributed by atoms with van der Waals surface area (Å²) in [6.07, 6.45) is 7.58. The van der Waals surface area contributed by atoms with Gasteiger partial charge in [0.2, 0.25) is 0 Å². The smallest absolute Gasteiger partial charge is 0.0299 e. The van der Waals surface area contributed by atoms with Crippen molar-refractivity contribution in [2.24, 2.45) is 0 Å². The molecule has 0 N–H and O–H groups in total. The number of aryl methyl sites for hydroxylation is 1. The zero-order chi connectivity index (χ0) is 10.6. The van der Waals surface area contributed by atoms with Crippen molar-refractivity contribution in [2.75, 3.05) is 0 Å². The molecule has 1 heteroatoms. The first-order valence-electron chi connectivity index (χ1n) is 5.55. The highest BCUT2D eigenvalue weighted by molar-refractivity contribution is 5.29. The molecule has 0 aromatic carbocycles. The molecule has 0 aliphatic rings. The fourth-order valence-electron chi connectivity index (χ4n) is 2.20. The average molecular weight is 191 g/mol. The SMILES string of the molecule is CCCC(C)(CC)c1ccncc1C. The maximum Gasteiger partial charge on any atom is 0.0299 e. The first-order chi connectivity index (χ1) is 6.64. The van der Waals surface area contributed by atoms with E-state index in [0.29, 0.717) is 5.41 Å². The lowest BCUT2D eigenvalue weighted by atomic mass is 9.75. The van der Waals surface area contributed by atoms with Crippen molar-refractivity contribution in [3.8, 4) is 0 Å². The van der Waals surface area contributed by atoms with Crippen LogP contribution in [0.2, 0.25) is 0 Å². The Balaban J connectivity index is 3.05. The molecule has 1 unspecified atom stereocenters. The second-order valence-corrected chi connectivity index (χ2v) is 4.35. The van der Waals surface area contributed by atoms with Gasteiger partial charge in [-0.1, -0.05) is 27.2 Å². The van der Waals surface area contributed by atoms with Gasteiger partial charge in [-0.15, -0.1) is 0 Å². The van der Waals surface area contributed by atoms with Gasteiger partial charge in [0.05, 0.1) is 0 Å². The zero-order valence-electron chi connectivity index (χ0n) is 9.80. The van der Waals surface area contributed by atoms with E-state index >= 15 is 0 Å². The predicted octanol–water partition coefficient (Wildman–Crippen LogP) is 3.86. The lowest BCUT2D eigenvalue weighted by Crippen LogP contribution is -2.21. The molecule has 1 nitrogen and oxygen atoms in total. The van der Waals surface area contributed by atoms with Crippen LogP contribution in [0.15, 0.2) is 18.5 Å². The van der Waals surface area contributed by atoms with Crippen LogP contribution in [-0.4, -0.2) is 4.98 Å². The van der Waals surface area contributed by atoms with Crippen LogP contribution in [0.25, 0.3) is 0 Å². The molecule has 0 bridgehead atoms. The van der Waals surface area contributed by atoms with Crippen LogP contribution in [-0.2, 0) is 5.41 Å². The van der Waals surface area contributed by atoms with Gasteiger partial charge in [0, 0.05) is 12.4 Å². The summed E-state index contributed by atoms with van der Waals surface area (Å²) in [7, 11) is 0. The number of nitrogens with zero attached hydrogens (tertiary/aromatic N) is 1. The molecule has 1 heterocycles. The number of hydrogen-bond donors (Lipinski definition) is 0. The second-order valence-electron chi connectivity index (χ2n) is 4.35. The molecule has 14 heavy (non-hydrogen) atoms. The van der Waals surface area contributed by atoms with Gasteiger partial charge in [-0.3, -0.25) is 4.98 Å². The third kappa shape index (κ3) is 2.14. The maximum atomic E-state index is 4.15. The van der Waals surface area contributed by atoms with Crippen LogP contribution in [0, 0.1) is 6.92 Å². The van der Waals surface area contributed by atoms with Gasteiger partial charge in [-0.2, -0.15) is 0 Å². The second kappa shape index (κ2) is 4.59. The molecule has 0 fully saturated rings. The van der Waals surface area contributed by atoms with Crippen molar-refractivity contribution < 1.29 is 0 Å². The minimum Gasteiger partial charge on any atom is -0.264 e. The highest BCUT2D eigenvalue weighted by Gasteiger charge is 2.24. The molecule has 1 rings (SSSR count). The predicted molar refractivity (Wildman–Crippen MR) is 61.5 cm³/mol. The Labute approximate surface area is 87.6 Å². The lowest BCUT2D eigenvalue weighted by molar-refractivity contribution is 0.411. The van der Waals surface area contributed by atoms with Gasteiger partial charge >= 0.3 is 0 Å². The van der Waals surface area contributed by atoms with E-state index in [0.717, 1.165) is 0 Å². The zero-order valence-corrected chi connectivity index (χ0v) is 9.80. The Hall–Kier alpha value is -0.850. The van der Waals surface area contributed by atoms with Gasteiger partial charge in [-0.05, 0) is 42.4 Å². The molecule has 1 aromatic heterocycles. The van der Waals surface area contributed by atoms with E-state index in [1.807, 2.05) is 12.4 Å². The van der Waals surface area contributed by atoms with Crippen molar-refractivity contribution in [1.82, 2.24) is 4.98 Å². The van der Waals surface area contributed by atoms with E-state index in [1.54, 1.807) is 0 Å². The normalized spacial score (nSPS) is 15.1. The molecule has 1 aromatic rings. The van der Waals surface area contributed by atoms with E-state index in [9.17, 15) is 0 Å². The summed E-state index contributed by atoms with van der Waals surface area (Å²) in [4.78, 5) is 4.15. The first kappa shape index (κ1) is 11.2. The Morgan fingerprint density at radius 2 is 2.07 bits per heavy atom. The largest absolute Gasteiger partial charge is 0.264 e. The fraction of sp³-hybridized carbons (Fsp3) is 0.615. The molecule has 0 spiro atoms. The van der Waals surface area contributed by atoms with Gasteiger partial charge in [0.15, 0.2) is 0 Å². The number of hydrogen-bond acceptors (Lipinski definition) is 1. The molecular formula is C13H21N. The summed E-state index contributed by atoms with van der Waals surface area (Å²) in [6, 6.07) is 2.18. The Bertz CT molecular complexity index is 293. The fourth-order valence-corrected chi connectivity index (χ4v) is 2.20. The molecule has 1 atom stereocenters. The van der Waals surface area contributed by atoms with Gasteiger partial charge in [0.1, 0.15) is 0 Å². The van der Waals surface area contributed by atoms with Crippen molar-refractivity contribution in [1.29, 1.82) is 0 Å². The summed E-state index contributed by atoms with van der Waals surface area (Å²) in [5.41, 5.74) is 3.13. The number of pyridine rings is 1. The summed E-state index contributed by atoms with van der Waals surface area (Å²) in [5, 5.41) is 0. The molecule has 0 amide bonds. The number of rotatable bonds is 4. The van der Waals surface area contributed by atoms with Crippen LogP contribution in [0.5, 0.6) is 0 Å². The number of aromatic nitrogens is 1. The lowest BCUT2D eigenvalue weighted by Gasteiger charge is -2.29. The summed E-state index contributed by atoms with van der Waals surface area (Å²) in [6.45, 7) is 9.05. The van der Waals surface area contributed by atoms with Crippen LogP contribution in [0.3, 0.4) is 0 Å². The van der Waals surface area contributed by atoms with Gasteiger partial charge in [-0.25, -0.2) is 0 Å². The topological polar surface area (TPSA) is 12.9 Å². The molecule has 0 saturated heterocycles. The van der Waals surface area contributed by atoms with E-state index in [4.69, 9.17) is 0 Å². The van der Waals surface area contributed by atoms with Crippen molar-refractivity contribution in [2.45, 2.75) is 52.4 Å². The monoisotopic (exact) mass is 191 g/mol. The van der Waals surface area contributed by atoms with E-state index in [1.165, 1.54) is 30.4 Å². The van der Waals surface area contributed by atoms with Crippen LogP contribution < -0.4 is 0 Å². The van der Waals surface area contributed by atoms with Gasteiger partial charge < -0.3 is 0 Å². The van der Waals surface area contributed by atoms with Crippen LogP contribution in [0.1, 0.15) is 51.2 Å². The standard InChI is InChI=1S/C13H21N/c1-5-8-13(4,6-2)12-7-9-14-10-11(12)3/h7,9-10H,5-6,8H2,1-4H3. The Morgan fingerprint density at radius 3 is 2.57 bits per heavy atom. The summed E-state index contributed by atoms with van der Waals surface area (Å²) < 4.78 is 0. The third-order valence-electron chi connectivity index (χ3n) is 3.25. The van der Waals surface area contributed by atoms with E-state index in [2.05, 4.69) is 38.7 Å². The molecule has 78 valence electrons. The quantitative estimate of drug-likeness (QED) is 0.704.